The SMILES string of the molecule is CCn1c(C2CCCO2)nc2cc(C(=O)O)ccc21. The van der Waals surface area contributed by atoms with Crippen molar-refractivity contribution in [3.63, 3.8) is 0 Å². The van der Waals surface area contributed by atoms with Crippen LogP contribution in [0.5, 0.6) is 0 Å². The highest BCUT2D eigenvalue weighted by atomic mass is 16.5. The Hall–Kier alpha value is -1.88. The van der Waals surface area contributed by atoms with E-state index >= 15 is 0 Å². The van der Waals surface area contributed by atoms with Gasteiger partial charge in [0, 0.05) is 13.2 Å². The van der Waals surface area contributed by atoms with E-state index in [1.165, 1.54) is 0 Å². The van der Waals surface area contributed by atoms with Gasteiger partial charge in [0.25, 0.3) is 0 Å². The van der Waals surface area contributed by atoms with Crippen LogP contribution in [0.1, 0.15) is 42.1 Å². The first-order valence-corrected chi connectivity index (χ1v) is 6.55. The Balaban J connectivity index is 2.14. The molecule has 1 fully saturated rings. The minimum absolute atomic E-state index is 0.0422. The van der Waals surface area contributed by atoms with Crippen molar-refractivity contribution in [2.45, 2.75) is 32.4 Å². The van der Waals surface area contributed by atoms with Gasteiger partial charge in [-0.25, -0.2) is 9.78 Å². The summed E-state index contributed by atoms with van der Waals surface area (Å²) in [5.41, 5.74) is 1.97. The van der Waals surface area contributed by atoms with Crippen LogP contribution in [0.15, 0.2) is 18.2 Å². The average molecular weight is 260 g/mol. The number of fused-ring (bicyclic) bond motifs is 1. The number of aryl methyl sites for hydroxylation is 1. The van der Waals surface area contributed by atoms with Crippen molar-refractivity contribution in [2.24, 2.45) is 0 Å². The van der Waals surface area contributed by atoms with E-state index in [2.05, 4.69) is 16.5 Å². The van der Waals surface area contributed by atoms with E-state index < -0.39 is 5.97 Å². The molecule has 1 aromatic carbocycles. The maximum absolute atomic E-state index is 11.0. The van der Waals surface area contributed by atoms with Crippen LogP contribution in [0.25, 0.3) is 11.0 Å². The third kappa shape index (κ3) is 2.00. The lowest BCUT2D eigenvalue weighted by Gasteiger charge is -2.11. The molecular formula is C14H16N2O3. The van der Waals surface area contributed by atoms with Crippen LogP contribution in [0.2, 0.25) is 0 Å². The van der Waals surface area contributed by atoms with Gasteiger partial charge in [0.1, 0.15) is 11.9 Å². The van der Waals surface area contributed by atoms with Crippen molar-refractivity contribution in [1.82, 2.24) is 9.55 Å². The predicted molar refractivity (Wildman–Crippen MR) is 70.3 cm³/mol. The fraction of sp³-hybridized carbons (Fsp3) is 0.429. The van der Waals surface area contributed by atoms with Gasteiger partial charge in [0.15, 0.2) is 0 Å². The highest BCUT2D eigenvalue weighted by molar-refractivity contribution is 5.92. The van der Waals surface area contributed by atoms with Crippen LogP contribution in [0, 0.1) is 0 Å². The summed E-state index contributed by atoms with van der Waals surface area (Å²) in [6, 6.07) is 5.08. The number of ether oxygens (including phenoxy) is 1. The summed E-state index contributed by atoms with van der Waals surface area (Å²) in [6.07, 6.45) is 2.08. The lowest BCUT2D eigenvalue weighted by atomic mass is 10.2. The Kier molecular flexibility index (Phi) is 2.98. The van der Waals surface area contributed by atoms with E-state index in [1.807, 2.05) is 6.07 Å². The Bertz CT molecular complexity index is 627. The fourth-order valence-electron chi connectivity index (χ4n) is 2.64. The van der Waals surface area contributed by atoms with E-state index in [4.69, 9.17) is 9.84 Å². The first-order chi connectivity index (χ1) is 9.20. The second-order valence-corrected chi connectivity index (χ2v) is 4.72. The van der Waals surface area contributed by atoms with Crippen molar-refractivity contribution in [3.8, 4) is 0 Å². The van der Waals surface area contributed by atoms with E-state index in [-0.39, 0.29) is 11.7 Å². The smallest absolute Gasteiger partial charge is 0.335 e. The summed E-state index contributed by atoms with van der Waals surface area (Å²) in [5, 5.41) is 9.03. The molecule has 0 amide bonds. The number of hydrogen-bond donors (Lipinski definition) is 1. The van der Waals surface area contributed by atoms with Crippen LogP contribution >= 0.6 is 0 Å². The summed E-state index contributed by atoms with van der Waals surface area (Å²) in [5.74, 6) is -0.0100. The summed E-state index contributed by atoms with van der Waals surface area (Å²) < 4.78 is 7.80. The van der Waals surface area contributed by atoms with Gasteiger partial charge in [-0.15, -0.1) is 0 Å². The molecule has 2 aromatic rings. The molecule has 0 aliphatic carbocycles. The Morgan fingerprint density at radius 1 is 1.58 bits per heavy atom. The van der Waals surface area contributed by atoms with Crippen molar-refractivity contribution < 1.29 is 14.6 Å². The molecule has 1 unspecified atom stereocenters. The molecule has 0 spiro atoms. The van der Waals surface area contributed by atoms with Crippen molar-refractivity contribution in [3.05, 3.63) is 29.6 Å². The maximum atomic E-state index is 11.0. The van der Waals surface area contributed by atoms with E-state index in [9.17, 15) is 4.79 Å². The summed E-state index contributed by atoms with van der Waals surface area (Å²) in [4.78, 5) is 15.6. The third-order valence-electron chi connectivity index (χ3n) is 3.56. The van der Waals surface area contributed by atoms with E-state index in [1.54, 1.807) is 12.1 Å². The number of nitrogens with zero attached hydrogens (tertiary/aromatic N) is 2. The zero-order valence-corrected chi connectivity index (χ0v) is 10.8. The first kappa shape index (κ1) is 12.2. The molecule has 5 heteroatoms. The fourth-order valence-corrected chi connectivity index (χ4v) is 2.64. The summed E-state index contributed by atoms with van der Waals surface area (Å²) in [6.45, 7) is 3.64. The molecule has 1 aromatic heterocycles. The van der Waals surface area contributed by atoms with E-state index in [0.717, 1.165) is 42.9 Å². The highest BCUT2D eigenvalue weighted by Crippen LogP contribution is 2.30. The number of hydrogen-bond acceptors (Lipinski definition) is 3. The van der Waals surface area contributed by atoms with Crippen molar-refractivity contribution >= 4 is 17.0 Å². The molecule has 1 atom stereocenters. The van der Waals surface area contributed by atoms with Crippen LogP contribution in [-0.4, -0.2) is 27.2 Å². The third-order valence-corrected chi connectivity index (χ3v) is 3.56. The minimum atomic E-state index is -0.924. The molecule has 5 nitrogen and oxygen atoms in total. The maximum Gasteiger partial charge on any atom is 0.335 e. The quantitative estimate of drug-likeness (QED) is 0.921. The van der Waals surface area contributed by atoms with Crippen LogP contribution in [0.3, 0.4) is 0 Å². The van der Waals surface area contributed by atoms with Crippen molar-refractivity contribution in [2.75, 3.05) is 6.61 Å². The van der Waals surface area contributed by atoms with Crippen LogP contribution in [-0.2, 0) is 11.3 Å². The monoisotopic (exact) mass is 260 g/mol. The zero-order valence-electron chi connectivity index (χ0n) is 10.8. The number of aromatic nitrogens is 2. The van der Waals surface area contributed by atoms with Gasteiger partial charge >= 0.3 is 5.97 Å². The van der Waals surface area contributed by atoms with Gasteiger partial charge in [0.2, 0.25) is 0 Å². The molecule has 0 radical (unpaired) electrons. The van der Waals surface area contributed by atoms with Crippen molar-refractivity contribution in [1.29, 1.82) is 0 Å². The lowest BCUT2D eigenvalue weighted by Crippen LogP contribution is -2.07. The number of carboxylic acid groups (broad SMARTS) is 1. The van der Waals surface area contributed by atoms with Gasteiger partial charge in [-0.1, -0.05) is 0 Å². The first-order valence-electron chi connectivity index (χ1n) is 6.55. The molecule has 1 aliphatic rings. The molecule has 19 heavy (non-hydrogen) atoms. The Morgan fingerprint density at radius 2 is 2.42 bits per heavy atom. The molecular weight excluding hydrogens is 244 g/mol. The standard InChI is InChI=1S/C14H16N2O3/c1-2-16-11-6-5-9(14(17)18)8-10(11)15-13(16)12-4-3-7-19-12/h5-6,8,12H,2-4,7H2,1H3,(H,17,18). The number of benzene rings is 1. The number of carboxylic acids is 1. The molecule has 100 valence electrons. The second-order valence-electron chi connectivity index (χ2n) is 4.72. The number of imidazole rings is 1. The van der Waals surface area contributed by atoms with Gasteiger partial charge in [-0.2, -0.15) is 0 Å². The summed E-state index contributed by atoms with van der Waals surface area (Å²) in [7, 11) is 0. The number of rotatable bonds is 3. The van der Waals surface area contributed by atoms with Gasteiger partial charge in [-0.05, 0) is 38.0 Å². The number of aromatic carboxylic acids is 1. The molecule has 1 aliphatic heterocycles. The largest absolute Gasteiger partial charge is 0.478 e. The second kappa shape index (κ2) is 4.66. The number of carbonyl (C=O) groups is 1. The molecule has 1 N–H and O–H groups in total. The van der Waals surface area contributed by atoms with Gasteiger partial charge in [-0.3, -0.25) is 0 Å². The Morgan fingerprint density at radius 3 is 3.05 bits per heavy atom. The Labute approximate surface area is 110 Å². The molecule has 1 saturated heterocycles. The van der Waals surface area contributed by atoms with Crippen LogP contribution in [0.4, 0.5) is 0 Å². The zero-order chi connectivity index (χ0) is 13.4. The lowest BCUT2D eigenvalue weighted by molar-refractivity contribution is 0.0697. The van der Waals surface area contributed by atoms with Gasteiger partial charge < -0.3 is 14.4 Å². The highest BCUT2D eigenvalue weighted by Gasteiger charge is 2.24. The predicted octanol–water partition coefficient (Wildman–Crippen LogP) is 2.61. The molecule has 2 heterocycles. The molecule has 0 saturated carbocycles. The normalized spacial score (nSPS) is 19.1. The molecule has 0 bridgehead atoms. The minimum Gasteiger partial charge on any atom is -0.478 e. The van der Waals surface area contributed by atoms with Gasteiger partial charge in [0.05, 0.1) is 16.6 Å². The average Bonchev–Trinajstić information content (AvgIpc) is 3.04. The molecule has 3 rings (SSSR count). The topological polar surface area (TPSA) is 64.4 Å². The summed E-state index contributed by atoms with van der Waals surface area (Å²) >= 11 is 0. The van der Waals surface area contributed by atoms with Crippen LogP contribution < -0.4 is 0 Å². The van der Waals surface area contributed by atoms with E-state index in [0.29, 0.717) is 0 Å².